The third kappa shape index (κ3) is 6.41. The van der Waals surface area contributed by atoms with Crippen molar-refractivity contribution in [2.75, 3.05) is 0 Å². The smallest absolute Gasteiger partial charge is 0.303 e. The maximum atomic E-state index is 12.0. The van der Waals surface area contributed by atoms with E-state index in [-0.39, 0.29) is 22.4 Å². The quantitative estimate of drug-likeness (QED) is 0.378. The Bertz CT molecular complexity index is 385. The molecule has 2 nitrogen and oxygen atoms in total. The SMILES string of the molecule is CCC(C)CC(C)(CC(C)(C)CC)C(CC)(CC(C)C)OC(C)=O. The van der Waals surface area contributed by atoms with Crippen molar-refractivity contribution >= 4 is 5.97 Å². The topological polar surface area (TPSA) is 26.3 Å². The van der Waals surface area contributed by atoms with Crippen LogP contribution in [0, 0.1) is 22.7 Å². The summed E-state index contributed by atoms with van der Waals surface area (Å²) >= 11 is 0. The summed E-state index contributed by atoms with van der Waals surface area (Å²) in [5.74, 6) is 1.00. The largest absolute Gasteiger partial charge is 0.459 e. The fraction of sp³-hybridized carbons (Fsp3) is 0.955. The highest BCUT2D eigenvalue weighted by atomic mass is 16.6. The van der Waals surface area contributed by atoms with E-state index < -0.39 is 0 Å². The van der Waals surface area contributed by atoms with Gasteiger partial charge in [0, 0.05) is 12.3 Å². The fourth-order valence-electron chi connectivity index (χ4n) is 4.50. The minimum absolute atomic E-state index is 0.00731. The van der Waals surface area contributed by atoms with Gasteiger partial charge in [0.2, 0.25) is 0 Å². The van der Waals surface area contributed by atoms with E-state index in [1.165, 1.54) is 6.42 Å². The predicted molar refractivity (Wildman–Crippen MR) is 105 cm³/mol. The molecule has 0 saturated heterocycles. The van der Waals surface area contributed by atoms with E-state index in [0.717, 1.165) is 32.1 Å². The van der Waals surface area contributed by atoms with E-state index in [1.54, 1.807) is 6.92 Å². The minimum Gasteiger partial charge on any atom is -0.459 e. The van der Waals surface area contributed by atoms with Crippen LogP contribution in [0.4, 0.5) is 0 Å². The molecule has 24 heavy (non-hydrogen) atoms. The molecule has 0 aromatic carbocycles. The van der Waals surface area contributed by atoms with Gasteiger partial charge in [-0.1, -0.05) is 75.2 Å². The first kappa shape index (κ1) is 23.5. The third-order valence-corrected chi connectivity index (χ3v) is 6.07. The number of carbonyl (C=O) groups excluding carboxylic acids is 1. The van der Waals surface area contributed by atoms with Crippen LogP contribution >= 0.6 is 0 Å². The van der Waals surface area contributed by atoms with Crippen molar-refractivity contribution in [3.8, 4) is 0 Å². The van der Waals surface area contributed by atoms with Crippen molar-refractivity contribution in [2.24, 2.45) is 22.7 Å². The average Bonchev–Trinajstić information content (AvgIpc) is 2.44. The second kappa shape index (κ2) is 9.25. The zero-order valence-electron chi connectivity index (χ0n) is 18.2. The van der Waals surface area contributed by atoms with Crippen LogP contribution in [0.3, 0.4) is 0 Å². The lowest BCUT2D eigenvalue weighted by atomic mass is 9.58. The number of rotatable bonds is 11. The Morgan fingerprint density at radius 1 is 0.958 bits per heavy atom. The second-order valence-corrected chi connectivity index (χ2v) is 9.51. The molecule has 0 amide bonds. The summed E-state index contributed by atoms with van der Waals surface area (Å²) in [6, 6.07) is 0. The van der Waals surface area contributed by atoms with Gasteiger partial charge in [-0.15, -0.1) is 0 Å². The molecule has 0 radical (unpaired) electrons. The highest BCUT2D eigenvalue weighted by Crippen LogP contribution is 2.53. The molecule has 0 bridgehead atoms. The Labute approximate surface area is 152 Å². The van der Waals surface area contributed by atoms with Gasteiger partial charge in [-0.05, 0) is 42.9 Å². The van der Waals surface area contributed by atoms with Crippen LogP contribution in [0.2, 0.25) is 0 Å². The van der Waals surface area contributed by atoms with Crippen LogP contribution in [0.5, 0.6) is 0 Å². The minimum atomic E-state index is -0.372. The van der Waals surface area contributed by atoms with Crippen molar-refractivity contribution in [2.45, 2.75) is 113 Å². The van der Waals surface area contributed by atoms with Gasteiger partial charge in [0.15, 0.2) is 0 Å². The molecule has 2 heteroatoms. The van der Waals surface area contributed by atoms with Gasteiger partial charge >= 0.3 is 5.97 Å². The number of hydrogen-bond acceptors (Lipinski definition) is 2. The lowest BCUT2D eigenvalue weighted by Gasteiger charge is -2.52. The number of ether oxygens (including phenoxy) is 1. The van der Waals surface area contributed by atoms with E-state index in [4.69, 9.17) is 4.74 Å². The molecule has 0 spiro atoms. The molecular weight excluding hydrogens is 296 g/mol. The second-order valence-electron chi connectivity index (χ2n) is 9.51. The molecule has 0 aromatic rings. The van der Waals surface area contributed by atoms with Crippen molar-refractivity contribution in [1.29, 1.82) is 0 Å². The van der Waals surface area contributed by atoms with Crippen LogP contribution < -0.4 is 0 Å². The number of hydrogen-bond donors (Lipinski definition) is 0. The zero-order chi connectivity index (χ0) is 19.2. The average molecular weight is 341 g/mol. The van der Waals surface area contributed by atoms with Crippen LogP contribution in [-0.4, -0.2) is 11.6 Å². The standard InChI is InChI=1S/C22H44O2/c1-11-18(6)15-21(10,16-20(8,9)12-2)22(13-3,14-17(4)5)24-19(7)23/h17-18H,11-16H2,1-10H3. The van der Waals surface area contributed by atoms with Crippen LogP contribution in [0.1, 0.15) is 108 Å². The third-order valence-electron chi connectivity index (χ3n) is 6.07. The van der Waals surface area contributed by atoms with Crippen molar-refractivity contribution in [3.05, 3.63) is 0 Å². The molecule has 0 aliphatic rings. The van der Waals surface area contributed by atoms with Crippen molar-refractivity contribution < 1.29 is 9.53 Å². The van der Waals surface area contributed by atoms with Gasteiger partial charge in [-0.2, -0.15) is 0 Å². The number of carbonyl (C=O) groups is 1. The van der Waals surface area contributed by atoms with E-state index >= 15 is 0 Å². The van der Waals surface area contributed by atoms with Gasteiger partial charge in [0.1, 0.15) is 5.60 Å². The molecule has 0 heterocycles. The molecular formula is C22H44O2. The van der Waals surface area contributed by atoms with E-state index in [9.17, 15) is 4.79 Å². The molecule has 0 aliphatic heterocycles. The molecule has 3 unspecified atom stereocenters. The summed E-state index contributed by atoms with van der Waals surface area (Å²) in [6.45, 7) is 22.2. The maximum absolute atomic E-state index is 12.0. The maximum Gasteiger partial charge on any atom is 0.303 e. The van der Waals surface area contributed by atoms with E-state index in [2.05, 4.69) is 62.3 Å². The van der Waals surface area contributed by atoms with Gasteiger partial charge in [0.05, 0.1) is 0 Å². The molecule has 0 fully saturated rings. The van der Waals surface area contributed by atoms with Crippen molar-refractivity contribution in [3.63, 3.8) is 0 Å². The molecule has 0 aliphatic carbocycles. The Balaban J connectivity index is 6.07. The summed E-state index contributed by atoms with van der Waals surface area (Å²) in [7, 11) is 0. The molecule has 144 valence electrons. The molecule has 0 rings (SSSR count). The predicted octanol–water partition coefficient (Wildman–Crippen LogP) is 7.01. The van der Waals surface area contributed by atoms with E-state index in [1.807, 2.05) is 0 Å². The van der Waals surface area contributed by atoms with Crippen LogP contribution in [-0.2, 0) is 9.53 Å². The Morgan fingerprint density at radius 2 is 1.50 bits per heavy atom. The fourth-order valence-corrected chi connectivity index (χ4v) is 4.50. The monoisotopic (exact) mass is 340 g/mol. The normalized spacial score (nSPS) is 18.8. The molecule has 0 aromatic heterocycles. The number of esters is 1. The highest BCUT2D eigenvalue weighted by molar-refractivity contribution is 5.66. The Morgan fingerprint density at radius 3 is 1.83 bits per heavy atom. The zero-order valence-corrected chi connectivity index (χ0v) is 18.2. The van der Waals surface area contributed by atoms with Crippen LogP contribution in [0.25, 0.3) is 0 Å². The van der Waals surface area contributed by atoms with Gasteiger partial charge in [0.25, 0.3) is 0 Å². The lowest BCUT2D eigenvalue weighted by molar-refractivity contribution is -0.186. The summed E-state index contributed by atoms with van der Waals surface area (Å²) < 4.78 is 6.16. The van der Waals surface area contributed by atoms with Crippen molar-refractivity contribution in [1.82, 2.24) is 0 Å². The lowest BCUT2D eigenvalue weighted by Crippen LogP contribution is -2.52. The van der Waals surface area contributed by atoms with Crippen LogP contribution in [0.15, 0.2) is 0 Å². The summed E-state index contributed by atoms with van der Waals surface area (Å²) in [5, 5.41) is 0. The molecule has 3 atom stereocenters. The molecule has 0 saturated carbocycles. The first-order chi connectivity index (χ1) is 10.9. The molecule has 0 N–H and O–H groups in total. The summed E-state index contributed by atoms with van der Waals surface area (Å²) in [5.41, 5.74) is -0.130. The first-order valence-corrected chi connectivity index (χ1v) is 10.1. The first-order valence-electron chi connectivity index (χ1n) is 10.1. The highest BCUT2D eigenvalue weighted by Gasteiger charge is 2.51. The summed E-state index contributed by atoms with van der Waals surface area (Å²) in [6.07, 6.45) is 6.34. The Kier molecular flexibility index (Phi) is 9.04. The van der Waals surface area contributed by atoms with E-state index in [0.29, 0.717) is 11.8 Å². The van der Waals surface area contributed by atoms with Gasteiger partial charge in [-0.3, -0.25) is 4.79 Å². The van der Waals surface area contributed by atoms with Gasteiger partial charge < -0.3 is 4.74 Å². The summed E-state index contributed by atoms with van der Waals surface area (Å²) in [4.78, 5) is 12.0. The van der Waals surface area contributed by atoms with Gasteiger partial charge in [-0.25, -0.2) is 0 Å². The Hall–Kier alpha value is -0.530.